The minimum atomic E-state index is 0.565. The second-order valence-electron chi connectivity index (χ2n) is 7.38. The van der Waals surface area contributed by atoms with Gasteiger partial charge in [0, 0.05) is 29.8 Å². The highest BCUT2D eigenvalue weighted by Crippen LogP contribution is 2.26. The van der Waals surface area contributed by atoms with Crippen LogP contribution in [0.25, 0.3) is 0 Å². The fourth-order valence-corrected chi connectivity index (χ4v) is 4.54. The van der Waals surface area contributed by atoms with E-state index >= 15 is 0 Å². The molecule has 2 aliphatic rings. The Bertz CT molecular complexity index is 586. The predicted octanol–water partition coefficient (Wildman–Crippen LogP) is 5.08. The van der Waals surface area contributed by atoms with Crippen LogP contribution in [-0.2, 0) is 0 Å². The van der Waals surface area contributed by atoms with Gasteiger partial charge in [0.1, 0.15) is 0 Å². The average Bonchev–Trinajstić information content (AvgIpc) is 2.65. The van der Waals surface area contributed by atoms with Gasteiger partial charge in [-0.2, -0.15) is 0 Å². The van der Waals surface area contributed by atoms with Crippen LogP contribution in [-0.4, -0.2) is 47.1 Å². The van der Waals surface area contributed by atoms with Crippen molar-refractivity contribution in [3.05, 3.63) is 28.8 Å². The largest absolute Gasteiger partial charge is 0.346 e. The number of benzene rings is 1. The van der Waals surface area contributed by atoms with E-state index in [-0.39, 0.29) is 0 Å². The molecular formula is C20H30ClN3S. The summed E-state index contributed by atoms with van der Waals surface area (Å²) >= 11 is 12.0. The molecule has 1 aromatic rings. The number of piperidine rings is 2. The molecule has 2 fully saturated rings. The number of anilines is 1. The van der Waals surface area contributed by atoms with Gasteiger partial charge in [0.15, 0.2) is 5.11 Å². The Morgan fingerprint density at radius 3 is 2.72 bits per heavy atom. The van der Waals surface area contributed by atoms with E-state index in [1.165, 1.54) is 64.6 Å². The molecule has 1 N–H and O–H groups in total. The molecule has 1 atom stereocenters. The Hall–Kier alpha value is -0.840. The van der Waals surface area contributed by atoms with Crippen molar-refractivity contribution in [1.82, 2.24) is 9.80 Å². The maximum atomic E-state index is 6.25. The van der Waals surface area contributed by atoms with Gasteiger partial charge < -0.3 is 15.1 Å². The SMILES string of the molecule is Cc1c(Cl)cccc1NC(=S)N1CCCC[C@H]1CCN1CCCCC1. The van der Waals surface area contributed by atoms with Crippen LogP contribution in [0.3, 0.4) is 0 Å². The Kier molecular flexibility index (Phi) is 6.97. The number of likely N-dealkylation sites (tertiary alicyclic amines) is 2. The van der Waals surface area contributed by atoms with Gasteiger partial charge in [-0.3, -0.25) is 0 Å². The standard InChI is InChI=1S/C20H30ClN3S/c1-16-18(21)9-7-10-19(16)22-20(25)24-14-6-3-8-17(24)11-15-23-12-4-2-5-13-23/h7,9-10,17H,2-6,8,11-15H2,1H3,(H,22,25)/t17-/m0/s1. The molecule has 3 nitrogen and oxygen atoms in total. The smallest absolute Gasteiger partial charge is 0.173 e. The second-order valence-corrected chi connectivity index (χ2v) is 8.17. The zero-order valence-corrected chi connectivity index (χ0v) is 16.8. The zero-order valence-electron chi connectivity index (χ0n) is 15.3. The highest BCUT2D eigenvalue weighted by molar-refractivity contribution is 7.80. The summed E-state index contributed by atoms with van der Waals surface area (Å²) in [5.41, 5.74) is 2.09. The van der Waals surface area contributed by atoms with E-state index in [1.807, 2.05) is 19.1 Å². The zero-order chi connectivity index (χ0) is 17.6. The van der Waals surface area contributed by atoms with Gasteiger partial charge in [-0.25, -0.2) is 0 Å². The monoisotopic (exact) mass is 379 g/mol. The van der Waals surface area contributed by atoms with Crippen LogP contribution in [0.1, 0.15) is 50.5 Å². The number of hydrogen-bond acceptors (Lipinski definition) is 2. The highest BCUT2D eigenvalue weighted by Gasteiger charge is 2.25. The molecule has 0 spiro atoms. The first kappa shape index (κ1) is 18.9. The summed E-state index contributed by atoms with van der Waals surface area (Å²) in [5.74, 6) is 0. The fraction of sp³-hybridized carbons (Fsp3) is 0.650. The van der Waals surface area contributed by atoms with E-state index in [4.69, 9.17) is 23.8 Å². The molecule has 25 heavy (non-hydrogen) atoms. The number of thiocarbonyl (C=S) groups is 1. The van der Waals surface area contributed by atoms with Crippen LogP contribution in [0.2, 0.25) is 5.02 Å². The summed E-state index contributed by atoms with van der Waals surface area (Å²) in [6.07, 6.45) is 9.15. The Morgan fingerprint density at radius 2 is 1.92 bits per heavy atom. The lowest BCUT2D eigenvalue weighted by Crippen LogP contribution is -2.47. The van der Waals surface area contributed by atoms with Crippen molar-refractivity contribution in [2.24, 2.45) is 0 Å². The molecular weight excluding hydrogens is 350 g/mol. The summed E-state index contributed by atoms with van der Waals surface area (Å²) < 4.78 is 0. The van der Waals surface area contributed by atoms with Crippen LogP contribution in [0, 0.1) is 6.92 Å². The van der Waals surface area contributed by atoms with E-state index in [0.29, 0.717) is 6.04 Å². The van der Waals surface area contributed by atoms with Crippen molar-refractivity contribution in [3.63, 3.8) is 0 Å². The lowest BCUT2D eigenvalue weighted by atomic mass is 9.99. The maximum Gasteiger partial charge on any atom is 0.173 e. The summed E-state index contributed by atoms with van der Waals surface area (Å²) in [4.78, 5) is 5.05. The van der Waals surface area contributed by atoms with Gasteiger partial charge in [-0.1, -0.05) is 24.1 Å². The molecule has 2 heterocycles. The number of rotatable bonds is 4. The summed E-state index contributed by atoms with van der Waals surface area (Å²) in [5, 5.41) is 5.09. The second kappa shape index (κ2) is 9.20. The molecule has 0 radical (unpaired) electrons. The van der Waals surface area contributed by atoms with Crippen LogP contribution >= 0.6 is 23.8 Å². The topological polar surface area (TPSA) is 18.5 Å². The maximum absolute atomic E-state index is 6.25. The normalized spacial score (nSPS) is 22.0. The van der Waals surface area contributed by atoms with Crippen LogP contribution in [0.15, 0.2) is 18.2 Å². The molecule has 0 amide bonds. The van der Waals surface area contributed by atoms with Crippen LogP contribution in [0.5, 0.6) is 0 Å². The molecule has 2 aliphatic heterocycles. The molecule has 138 valence electrons. The van der Waals surface area contributed by atoms with Crippen molar-refractivity contribution in [1.29, 1.82) is 0 Å². The average molecular weight is 380 g/mol. The first-order valence-corrected chi connectivity index (χ1v) is 10.5. The van der Waals surface area contributed by atoms with Gasteiger partial charge in [0.25, 0.3) is 0 Å². The number of nitrogens with zero attached hydrogens (tertiary/aromatic N) is 2. The summed E-state index contributed by atoms with van der Waals surface area (Å²) in [6, 6.07) is 6.52. The highest BCUT2D eigenvalue weighted by atomic mass is 35.5. The predicted molar refractivity (Wildman–Crippen MR) is 112 cm³/mol. The van der Waals surface area contributed by atoms with E-state index in [0.717, 1.165) is 27.9 Å². The molecule has 0 aliphatic carbocycles. The van der Waals surface area contributed by atoms with Gasteiger partial charge in [-0.05, 0) is 88.5 Å². The van der Waals surface area contributed by atoms with Crippen molar-refractivity contribution in [2.45, 2.75) is 57.9 Å². The summed E-state index contributed by atoms with van der Waals surface area (Å²) in [7, 11) is 0. The van der Waals surface area contributed by atoms with E-state index < -0.39 is 0 Å². The van der Waals surface area contributed by atoms with Crippen molar-refractivity contribution < 1.29 is 0 Å². The molecule has 1 aromatic carbocycles. The third-order valence-electron chi connectivity index (χ3n) is 5.62. The third-order valence-corrected chi connectivity index (χ3v) is 6.37. The lowest BCUT2D eigenvalue weighted by molar-refractivity contribution is 0.176. The molecule has 0 bridgehead atoms. The van der Waals surface area contributed by atoms with E-state index in [2.05, 4.69) is 21.2 Å². The minimum Gasteiger partial charge on any atom is -0.346 e. The van der Waals surface area contributed by atoms with Crippen molar-refractivity contribution in [3.8, 4) is 0 Å². The quantitative estimate of drug-likeness (QED) is 0.735. The van der Waals surface area contributed by atoms with E-state index in [1.54, 1.807) is 0 Å². The first-order valence-electron chi connectivity index (χ1n) is 9.70. The Labute approximate surface area is 162 Å². The lowest BCUT2D eigenvalue weighted by Gasteiger charge is -2.39. The van der Waals surface area contributed by atoms with Crippen LogP contribution in [0.4, 0.5) is 5.69 Å². The molecule has 0 aromatic heterocycles. The Morgan fingerprint density at radius 1 is 1.16 bits per heavy atom. The number of halogens is 1. The van der Waals surface area contributed by atoms with Crippen molar-refractivity contribution >= 4 is 34.6 Å². The molecule has 5 heteroatoms. The molecule has 0 saturated carbocycles. The minimum absolute atomic E-state index is 0.565. The third kappa shape index (κ3) is 5.08. The number of hydrogen-bond donors (Lipinski definition) is 1. The summed E-state index contributed by atoms with van der Waals surface area (Å²) in [6.45, 7) is 6.86. The van der Waals surface area contributed by atoms with E-state index in [9.17, 15) is 0 Å². The van der Waals surface area contributed by atoms with Gasteiger partial charge >= 0.3 is 0 Å². The molecule has 0 unspecified atom stereocenters. The van der Waals surface area contributed by atoms with Crippen LogP contribution < -0.4 is 5.32 Å². The molecule has 3 rings (SSSR count). The van der Waals surface area contributed by atoms with Crippen molar-refractivity contribution in [2.75, 3.05) is 31.5 Å². The first-order chi connectivity index (χ1) is 12.1. The molecule has 2 saturated heterocycles. The van der Waals surface area contributed by atoms with Gasteiger partial charge in [0.05, 0.1) is 0 Å². The fourth-order valence-electron chi connectivity index (χ4n) is 4.01. The van der Waals surface area contributed by atoms with Gasteiger partial charge in [-0.15, -0.1) is 0 Å². The van der Waals surface area contributed by atoms with Gasteiger partial charge in [0.2, 0.25) is 0 Å². The number of nitrogens with one attached hydrogen (secondary N) is 1. The Balaban J connectivity index is 1.59.